The van der Waals surface area contributed by atoms with E-state index in [4.69, 9.17) is 0 Å². The van der Waals surface area contributed by atoms with E-state index in [1.807, 2.05) is 24.8 Å². The molecule has 0 saturated heterocycles. The Labute approximate surface area is 181 Å². The van der Waals surface area contributed by atoms with Crippen LogP contribution in [-0.2, 0) is 6.54 Å². The maximum absolute atomic E-state index is 14.3. The summed E-state index contributed by atoms with van der Waals surface area (Å²) in [6, 6.07) is 11.7. The number of carbonyl (C=O) groups is 1. The first-order valence-electron chi connectivity index (χ1n) is 11.0. The predicted octanol–water partition coefficient (Wildman–Crippen LogP) is 4.77. The number of carbonyl (C=O) groups excluding carboxylic acids is 1. The number of benzene rings is 1. The summed E-state index contributed by atoms with van der Waals surface area (Å²) in [7, 11) is 0. The van der Waals surface area contributed by atoms with Crippen molar-refractivity contribution in [2.45, 2.75) is 64.6 Å². The van der Waals surface area contributed by atoms with Gasteiger partial charge in [0.15, 0.2) is 0 Å². The summed E-state index contributed by atoms with van der Waals surface area (Å²) in [5.74, 6) is -0.638. The Morgan fingerprint density at radius 1 is 1.16 bits per heavy atom. The Balaban J connectivity index is 1.82. The van der Waals surface area contributed by atoms with E-state index < -0.39 is 5.56 Å². The molecule has 3 aromatic rings. The Bertz CT molecular complexity index is 1150. The first kappa shape index (κ1) is 21.2. The Kier molecular flexibility index (Phi) is 6.16. The molecular formula is C25H28FN3O2. The third-order valence-electron chi connectivity index (χ3n) is 6.12. The van der Waals surface area contributed by atoms with Crippen LogP contribution in [0.4, 0.5) is 4.39 Å². The molecule has 162 valence electrons. The molecule has 1 aliphatic rings. The molecule has 1 amide bonds. The van der Waals surface area contributed by atoms with E-state index in [1.54, 1.807) is 36.5 Å². The summed E-state index contributed by atoms with van der Waals surface area (Å²) >= 11 is 0. The van der Waals surface area contributed by atoms with Crippen molar-refractivity contribution in [1.29, 1.82) is 0 Å². The second-order valence-corrected chi connectivity index (χ2v) is 8.55. The number of halogens is 1. The van der Waals surface area contributed by atoms with Crippen molar-refractivity contribution in [3.8, 4) is 0 Å². The SMILES string of the molecule is CC(C)N(C(=O)c1cc2cccnc2n(Cc2ccccc2F)c1=O)C1CCCCC1. The minimum absolute atomic E-state index is 0.0142. The molecule has 0 bridgehead atoms. The van der Waals surface area contributed by atoms with Gasteiger partial charge in [-0.15, -0.1) is 0 Å². The third-order valence-corrected chi connectivity index (χ3v) is 6.12. The maximum atomic E-state index is 14.3. The molecule has 0 unspecified atom stereocenters. The average molecular weight is 422 g/mol. The lowest BCUT2D eigenvalue weighted by Gasteiger charge is -2.37. The van der Waals surface area contributed by atoms with Gasteiger partial charge in [0.2, 0.25) is 0 Å². The van der Waals surface area contributed by atoms with Crippen LogP contribution in [0.5, 0.6) is 0 Å². The van der Waals surface area contributed by atoms with Crippen molar-refractivity contribution < 1.29 is 9.18 Å². The van der Waals surface area contributed by atoms with Gasteiger partial charge in [-0.2, -0.15) is 0 Å². The fraction of sp³-hybridized carbons (Fsp3) is 0.400. The van der Waals surface area contributed by atoms with Crippen LogP contribution in [0.15, 0.2) is 53.5 Å². The molecule has 1 fully saturated rings. The molecule has 0 aliphatic heterocycles. The number of amides is 1. The van der Waals surface area contributed by atoms with Crippen molar-refractivity contribution in [2.24, 2.45) is 0 Å². The molecule has 1 saturated carbocycles. The van der Waals surface area contributed by atoms with Crippen LogP contribution in [0, 0.1) is 5.82 Å². The molecule has 1 aliphatic carbocycles. The highest BCUT2D eigenvalue weighted by Crippen LogP contribution is 2.26. The molecule has 31 heavy (non-hydrogen) atoms. The average Bonchev–Trinajstić information content (AvgIpc) is 2.77. The highest BCUT2D eigenvalue weighted by Gasteiger charge is 2.30. The number of hydrogen-bond acceptors (Lipinski definition) is 3. The van der Waals surface area contributed by atoms with E-state index in [-0.39, 0.29) is 35.9 Å². The van der Waals surface area contributed by atoms with Gasteiger partial charge in [-0.1, -0.05) is 37.5 Å². The van der Waals surface area contributed by atoms with Crippen molar-refractivity contribution in [3.05, 3.63) is 76.0 Å². The highest BCUT2D eigenvalue weighted by molar-refractivity contribution is 5.97. The highest BCUT2D eigenvalue weighted by atomic mass is 19.1. The van der Waals surface area contributed by atoms with E-state index in [9.17, 15) is 14.0 Å². The lowest BCUT2D eigenvalue weighted by Crippen LogP contribution is -2.47. The molecule has 2 aromatic heterocycles. The van der Waals surface area contributed by atoms with Gasteiger partial charge in [0.05, 0.1) is 6.54 Å². The van der Waals surface area contributed by atoms with Crippen LogP contribution >= 0.6 is 0 Å². The number of pyridine rings is 2. The summed E-state index contributed by atoms with van der Waals surface area (Å²) in [4.78, 5) is 33.4. The zero-order valence-corrected chi connectivity index (χ0v) is 18.1. The number of rotatable bonds is 5. The minimum Gasteiger partial charge on any atom is -0.333 e. The molecule has 5 nitrogen and oxygen atoms in total. The Hall–Kier alpha value is -3.02. The lowest BCUT2D eigenvalue weighted by atomic mass is 9.93. The van der Waals surface area contributed by atoms with Crippen LogP contribution in [0.3, 0.4) is 0 Å². The number of hydrogen-bond donors (Lipinski definition) is 0. The van der Waals surface area contributed by atoms with E-state index in [2.05, 4.69) is 4.98 Å². The molecule has 1 aromatic carbocycles. The standard InChI is InChI=1S/C25H28FN3O2/c1-17(2)29(20-11-4-3-5-12-20)25(31)21-15-18-10-8-14-27-23(18)28(24(21)30)16-19-9-6-7-13-22(19)26/h6-10,13-15,17,20H,3-5,11-12,16H2,1-2H3. The van der Waals surface area contributed by atoms with Crippen molar-refractivity contribution in [2.75, 3.05) is 0 Å². The second-order valence-electron chi connectivity index (χ2n) is 8.55. The fourth-order valence-electron chi connectivity index (χ4n) is 4.62. The third kappa shape index (κ3) is 4.24. The molecule has 6 heteroatoms. The quantitative estimate of drug-likeness (QED) is 0.596. The molecule has 0 radical (unpaired) electrons. The van der Waals surface area contributed by atoms with Gasteiger partial charge in [0.1, 0.15) is 17.0 Å². The van der Waals surface area contributed by atoms with Crippen LogP contribution in [0.2, 0.25) is 0 Å². The first-order valence-corrected chi connectivity index (χ1v) is 11.0. The maximum Gasteiger partial charge on any atom is 0.265 e. The van der Waals surface area contributed by atoms with E-state index >= 15 is 0 Å². The number of aromatic nitrogens is 2. The Morgan fingerprint density at radius 3 is 2.61 bits per heavy atom. The molecular weight excluding hydrogens is 393 g/mol. The van der Waals surface area contributed by atoms with Crippen molar-refractivity contribution >= 4 is 16.9 Å². The lowest BCUT2D eigenvalue weighted by molar-refractivity contribution is 0.0553. The molecule has 0 atom stereocenters. The van der Waals surface area contributed by atoms with Crippen LogP contribution in [-0.4, -0.2) is 32.4 Å². The topological polar surface area (TPSA) is 55.2 Å². The first-order chi connectivity index (χ1) is 15.0. The zero-order chi connectivity index (χ0) is 22.0. The monoisotopic (exact) mass is 421 g/mol. The van der Waals surface area contributed by atoms with Crippen LogP contribution in [0.25, 0.3) is 11.0 Å². The van der Waals surface area contributed by atoms with Gasteiger partial charge >= 0.3 is 0 Å². The molecule has 4 rings (SSSR count). The van der Waals surface area contributed by atoms with Crippen molar-refractivity contribution in [3.63, 3.8) is 0 Å². The van der Waals surface area contributed by atoms with E-state index in [1.165, 1.54) is 17.1 Å². The molecule has 0 N–H and O–H groups in total. The van der Waals surface area contributed by atoms with Gasteiger partial charge in [-0.05, 0) is 51.0 Å². The number of nitrogens with zero attached hydrogens (tertiary/aromatic N) is 3. The summed E-state index contributed by atoms with van der Waals surface area (Å²) in [6.07, 6.45) is 6.91. The molecule has 0 spiro atoms. The van der Waals surface area contributed by atoms with Gasteiger partial charge in [-0.3, -0.25) is 14.2 Å². The smallest absolute Gasteiger partial charge is 0.265 e. The summed E-state index contributed by atoms with van der Waals surface area (Å²) in [6.45, 7) is 4.01. The Morgan fingerprint density at radius 2 is 1.90 bits per heavy atom. The molecule has 2 heterocycles. The van der Waals surface area contributed by atoms with Crippen LogP contribution < -0.4 is 5.56 Å². The predicted molar refractivity (Wildman–Crippen MR) is 120 cm³/mol. The largest absolute Gasteiger partial charge is 0.333 e. The van der Waals surface area contributed by atoms with Crippen LogP contribution in [0.1, 0.15) is 61.9 Å². The zero-order valence-electron chi connectivity index (χ0n) is 18.1. The van der Waals surface area contributed by atoms with E-state index in [0.717, 1.165) is 25.7 Å². The van der Waals surface area contributed by atoms with Gasteiger partial charge in [0.25, 0.3) is 11.5 Å². The van der Waals surface area contributed by atoms with Gasteiger partial charge in [0, 0.05) is 29.2 Å². The summed E-state index contributed by atoms with van der Waals surface area (Å²) < 4.78 is 15.7. The van der Waals surface area contributed by atoms with Gasteiger partial charge in [-0.25, -0.2) is 9.37 Å². The summed E-state index contributed by atoms with van der Waals surface area (Å²) in [5.41, 5.74) is 0.521. The second kappa shape index (κ2) is 9.00. The number of fused-ring (bicyclic) bond motifs is 1. The summed E-state index contributed by atoms with van der Waals surface area (Å²) in [5, 5.41) is 0.689. The van der Waals surface area contributed by atoms with Crippen molar-refractivity contribution in [1.82, 2.24) is 14.5 Å². The normalized spacial score (nSPS) is 14.8. The van der Waals surface area contributed by atoms with E-state index in [0.29, 0.717) is 16.6 Å². The minimum atomic E-state index is -0.430. The fourth-order valence-corrected chi connectivity index (χ4v) is 4.62. The van der Waals surface area contributed by atoms with Gasteiger partial charge < -0.3 is 4.90 Å².